The van der Waals surface area contributed by atoms with Gasteiger partial charge in [0, 0.05) is 55.2 Å². The van der Waals surface area contributed by atoms with E-state index in [1.807, 2.05) is 12.1 Å². The maximum atomic E-state index is 5.20. The Balaban J connectivity index is 0.978. The van der Waals surface area contributed by atoms with E-state index >= 15 is 0 Å². The molecule has 0 saturated carbocycles. The number of benzene rings is 9. The summed E-state index contributed by atoms with van der Waals surface area (Å²) in [6.45, 7) is 0. The fourth-order valence-corrected chi connectivity index (χ4v) is 9.32. The molecule has 290 valence electrons. The molecule has 0 amide bonds. The molecule has 0 aliphatic carbocycles. The molecule has 4 nitrogen and oxygen atoms in total. The highest BCUT2D eigenvalue weighted by Gasteiger charge is 2.19. The number of hydrogen-bond donors (Lipinski definition) is 0. The van der Waals surface area contributed by atoms with Gasteiger partial charge in [-0.05, 0) is 71.3 Å². The van der Waals surface area contributed by atoms with Crippen molar-refractivity contribution >= 4 is 43.6 Å². The largest absolute Gasteiger partial charge is 0.309 e. The number of hydrogen-bond acceptors (Lipinski definition) is 2. The Kier molecular flexibility index (Phi) is 8.46. The van der Waals surface area contributed by atoms with Gasteiger partial charge in [-0.3, -0.25) is 0 Å². The predicted octanol–water partition coefficient (Wildman–Crippen LogP) is 15.0. The topological polar surface area (TPSA) is 35.6 Å². The summed E-state index contributed by atoms with van der Waals surface area (Å²) in [7, 11) is 0. The normalized spacial score (nSPS) is 11.5. The van der Waals surface area contributed by atoms with E-state index < -0.39 is 0 Å². The molecule has 0 N–H and O–H groups in total. The Morgan fingerprint density at radius 3 is 1.44 bits per heavy atom. The Hall–Kier alpha value is -8.34. The van der Waals surface area contributed by atoms with Crippen LogP contribution in [0.4, 0.5) is 0 Å². The summed E-state index contributed by atoms with van der Waals surface area (Å²) in [4.78, 5) is 10.4. The van der Waals surface area contributed by atoms with Crippen LogP contribution in [0.5, 0.6) is 0 Å². The maximum absolute atomic E-state index is 5.20. The maximum Gasteiger partial charge on any atom is 0.161 e. The molecule has 0 fully saturated rings. The van der Waals surface area contributed by atoms with Gasteiger partial charge in [-0.25, -0.2) is 9.97 Å². The number of fused-ring (bicyclic) bond motifs is 6. The molecular formula is C58H38N4. The molecule has 0 unspecified atom stereocenters. The minimum atomic E-state index is 0.697. The van der Waals surface area contributed by atoms with Crippen LogP contribution in [-0.2, 0) is 0 Å². The van der Waals surface area contributed by atoms with Crippen LogP contribution < -0.4 is 0 Å². The highest BCUT2D eigenvalue weighted by atomic mass is 15.0. The quantitative estimate of drug-likeness (QED) is 0.161. The Morgan fingerprint density at radius 2 is 0.758 bits per heavy atom. The molecule has 12 aromatic rings. The van der Waals surface area contributed by atoms with Crippen molar-refractivity contribution in [3.8, 4) is 67.5 Å². The van der Waals surface area contributed by atoms with Gasteiger partial charge in [0.1, 0.15) is 0 Å². The van der Waals surface area contributed by atoms with Gasteiger partial charge in [0.25, 0.3) is 0 Å². The van der Waals surface area contributed by atoms with Crippen molar-refractivity contribution in [3.05, 3.63) is 231 Å². The van der Waals surface area contributed by atoms with Crippen LogP contribution in [-0.4, -0.2) is 19.1 Å². The lowest BCUT2D eigenvalue weighted by molar-refractivity contribution is 1.17. The molecule has 0 aliphatic heterocycles. The van der Waals surface area contributed by atoms with E-state index in [1.54, 1.807) is 0 Å². The Labute approximate surface area is 359 Å². The van der Waals surface area contributed by atoms with Gasteiger partial charge in [0.2, 0.25) is 0 Å². The molecule has 3 heterocycles. The molecule has 12 rings (SSSR count). The van der Waals surface area contributed by atoms with E-state index in [-0.39, 0.29) is 0 Å². The van der Waals surface area contributed by atoms with E-state index in [9.17, 15) is 0 Å². The zero-order valence-electron chi connectivity index (χ0n) is 33.7. The van der Waals surface area contributed by atoms with Gasteiger partial charge in [-0.1, -0.05) is 176 Å². The molecule has 0 radical (unpaired) electrons. The first-order chi connectivity index (χ1) is 30.8. The summed E-state index contributed by atoms with van der Waals surface area (Å²) >= 11 is 0. The number of para-hydroxylation sites is 4. The van der Waals surface area contributed by atoms with Gasteiger partial charge in [-0.15, -0.1) is 0 Å². The third kappa shape index (κ3) is 5.92. The third-order valence-electron chi connectivity index (χ3n) is 12.2. The molecule has 62 heavy (non-hydrogen) atoms. The second kappa shape index (κ2) is 14.7. The Bertz CT molecular complexity index is 3550. The predicted molar refractivity (Wildman–Crippen MR) is 258 cm³/mol. The SMILES string of the molecule is c1ccc(-c2cc(-c3ccccc3)nc(-c3ccccc3-c3ccc4c(c3)c3ccccc3n4-c3ccc(-c4cccc5c6ccccc6n(-c6ccccc6)c45)cc3)n2)cc1. The summed E-state index contributed by atoms with van der Waals surface area (Å²) in [5.41, 5.74) is 16.5. The van der Waals surface area contributed by atoms with Crippen LogP contribution in [0.1, 0.15) is 0 Å². The second-order valence-electron chi connectivity index (χ2n) is 15.8. The third-order valence-corrected chi connectivity index (χ3v) is 12.2. The van der Waals surface area contributed by atoms with Gasteiger partial charge < -0.3 is 9.13 Å². The van der Waals surface area contributed by atoms with Crippen molar-refractivity contribution in [2.45, 2.75) is 0 Å². The van der Waals surface area contributed by atoms with E-state index in [4.69, 9.17) is 9.97 Å². The Morgan fingerprint density at radius 1 is 0.274 bits per heavy atom. The molecule has 3 aromatic heterocycles. The molecule has 0 saturated heterocycles. The van der Waals surface area contributed by atoms with E-state index in [0.717, 1.165) is 56.1 Å². The molecule has 0 spiro atoms. The molecule has 0 bridgehead atoms. The molecule has 0 aliphatic rings. The van der Waals surface area contributed by atoms with E-state index in [2.05, 4.69) is 228 Å². The lowest BCUT2D eigenvalue weighted by Crippen LogP contribution is -1.97. The number of aromatic nitrogens is 4. The average Bonchev–Trinajstić information content (AvgIpc) is 3.87. The fraction of sp³-hybridized carbons (Fsp3) is 0. The zero-order chi connectivity index (χ0) is 41.0. The lowest BCUT2D eigenvalue weighted by atomic mass is 9.97. The minimum absolute atomic E-state index is 0.697. The van der Waals surface area contributed by atoms with Crippen LogP contribution in [0.2, 0.25) is 0 Å². The van der Waals surface area contributed by atoms with Crippen molar-refractivity contribution in [3.63, 3.8) is 0 Å². The summed E-state index contributed by atoms with van der Waals surface area (Å²) in [5, 5.41) is 4.90. The van der Waals surface area contributed by atoms with Gasteiger partial charge in [0.05, 0.1) is 33.5 Å². The van der Waals surface area contributed by atoms with Crippen molar-refractivity contribution in [2.75, 3.05) is 0 Å². The molecule has 0 atom stereocenters. The fourth-order valence-electron chi connectivity index (χ4n) is 9.32. The standard InChI is InChI=1S/C58H38N4/c1-4-17-40(18-5-1)52-38-53(41-19-6-2-7-20-41)60-58(59-52)50-26-11-10-23-45(50)42-33-36-56-51(37-42)48-25-13-14-29-54(48)61(56)44-34-31-39(32-35-44)46-27-16-28-49-47-24-12-15-30-55(47)62(57(46)49)43-21-8-3-9-22-43/h1-38H. The molecular weight excluding hydrogens is 753 g/mol. The van der Waals surface area contributed by atoms with Crippen LogP contribution in [0.25, 0.3) is 111 Å². The lowest BCUT2D eigenvalue weighted by Gasteiger charge is -2.14. The molecule has 4 heteroatoms. The first-order valence-electron chi connectivity index (χ1n) is 21.1. The first-order valence-corrected chi connectivity index (χ1v) is 21.1. The van der Waals surface area contributed by atoms with Crippen molar-refractivity contribution in [1.82, 2.24) is 19.1 Å². The van der Waals surface area contributed by atoms with Crippen LogP contribution in [0.15, 0.2) is 231 Å². The highest BCUT2D eigenvalue weighted by molar-refractivity contribution is 6.14. The van der Waals surface area contributed by atoms with Gasteiger partial charge in [0.15, 0.2) is 5.82 Å². The number of rotatable bonds is 7. The van der Waals surface area contributed by atoms with E-state index in [1.165, 1.54) is 49.2 Å². The average molecular weight is 791 g/mol. The first kappa shape index (κ1) is 35.6. The molecule has 9 aromatic carbocycles. The smallest absolute Gasteiger partial charge is 0.161 e. The zero-order valence-corrected chi connectivity index (χ0v) is 33.7. The highest BCUT2D eigenvalue weighted by Crippen LogP contribution is 2.41. The van der Waals surface area contributed by atoms with Crippen LogP contribution in [0.3, 0.4) is 0 Å². The van der Waals surface area contributed by atoms with E-state index in [0.29, 0.717) is 5.82 Å². The monoisotopic (exact) mass is 790 g/mol. The summed E-state index contributed by atoms with van der Waals surface area (Å²) in [6, 6.07) is 82.1. The summed E-state index contributed by atoms with van der Waals surface area (Å²) < 4.78 is 4.80. The second-order valence-corrected chi connectivity index (χ2v) is 15.8. The summed E-state index contributed by atoms with van der Waals surface area (Å²) in [6.07, 6.45) is 0. The van der Waals surface area contributed by atoms with Gasteiger partial charge >= 0.3 is 0 Å². The van der Waals surface area contributed by atoms with Crippen molar-refractivity contribution < 1.29 is 0 Å². The van der Waals surface area contributed by atoms with Gasteiger partial charge in [-0.2, -0.15) is 0 Å². The van der Waals surface area contributed by atoms with Crippen LogP contribution >= 0.6 is 0 Å². The van der Waals surface area contributed by atoms with Crippen molar-refractivity contribution in [1.29, 1.82) is 0 Å². The van der Waals surface area contributed by atoms with Crippen molar-refractivity contribution in [2.24, 2.45) is 0 Å². The van der Waals surface area contributed by atoms with Crippen LogP contribution in [0, 0.1) is 0 Å². The number of nitrogens with zero attached hydrogens (tertiary/aromatic N) is 4. The minimum Gasteiger partial charge on any atom is -0.309 e. The summed E-state index contributed by atoms with van der Waals surface area (Å²) in [5.74, 6) is 0.697.